The van der Waals surface area contributed by atoms with Gasteiger partial charge in [-0.25, -0.2) is 0 Å². The maximum atomic E-state index is 12.1. The number of fused-ring (bicyclic) bond motifs is 2. The third-order valence-electron chi connectivity index (χ3n) is 7.27. The van der Waals surface area contributed by atoms with Gasteiger partial charge < -0.3 is 44.1 Å². The number of hydrogen-bond acceptors (Lipinski definition) is 8. The first-order valence-electron chi connectivity index (χ1n) is 15.1. The minimum atomic E-state index is -3.94. The minimum absolute atomic E-state index is 0. The Labute approximate surface area is 328 Å². The largest absolute Gasteiger partial charge is 2.00 e. The van der Waals surface area contributed by atoms with Crippen LogP contribution in [0.25, 0.3) is 21.5 Å². The quantitative estimate of drug-likeness (QED) is 0.0975. The third-order valence-corrected chi connectivity index (χ3v) is 9.91. The van der Waals surface area contributed by atoms with Gasteiger partial charge in [0.2, 0.25) is 11.9 Å². The zero-order valence-electron chi connectivity index (χ0n) is 28.8. The Morgan fingerprint density at radius 2 is 0.818 bits per heavy atom. The molecule has 280 valence electrons. The molecule has 6 aromatic rings. The number of rotatable bonds is 8. The van der Waals surface area contributed by atoms with Gasteiger partial charge in [-0.1, -0.05) is 84.3 Å². The van der Waals surface area contributed by atoms with E-state index in [0.29, 0.717) is 22.5 Å². The summed E-state index contributed by atoms with van der Waals surface area (Å²) in [5, 5.41) is 27.7. The summed E-state index contributed by atoms with van der Waals surface area (Å²) in [6, 6.07) is 32.9. The standard InChI is InChI=1S/2C18H16N4O3S.2H2O.Zn/c2*19-18(20)22-26(24,25)14-8-6-13(7-9-14)21-11-16-15-4-2-1-3-12(15)5-10-17(16)23;;;/h2*1-11,23H,(H4,19,20,22);2*1H2;/q;;;;+2/p-2. The number of guanidine groups is 2. The van der Waals surface area contributed by atoms with E-state index in [1.54, 1.807) is 12.1 Å². The van der Waals surface area contributed by atoms with Crippen molar-refractivity contribution in [2.75, 3.05) is 0 Å². The van der Waals surface area contributed by atoms with Gasteiger partial charge in [0.05, 0.1) is 21.2 Å². The summed E-state index contributed by atoms with van der Waals surface area (Å²) in [4.78, 5) is 8.42. The van der Waals surface area contributed by atoms with Gasteiger partial charge in [-0.3, -0.25) is 9.98 Å². The molecule has 0 saturated heterocycles. The van der Waals surface area contributed by atoms with E-state index < -0.39 is 32.0 Å². The maximum absolute atomic E-state index is 12.1. The van der Waals surface area contributed by atoms with Crippen LogP contribution in [-0.4, -0.2) is 52.1 Å². The van der Waals surface area contributed by atoms with Crippen molar-refractivity contribution in [3.63, 3.8) is 0 Å². The van der Waals surface area contributed by atoms with E-state index in [9.17, 15) is 27.0 Å². The van der Waals surface area contributed by atoms with Crippen molar-refractivity contribution in [2.45, 2.75) is 9.79 Å². The first kappa shape index (κ1) is 44.9. The second kappa shape index (κ2) is 19.2. The molecular weight excluding hydrogens is 802 g/mol. The fourth-order valence-corrected chi connectivity index (χ4v) is 6.61. The minimum Gasteiger partial charge on any atom is -0.872 e. The topological polar surface area (TPSA) is 331 Å². The van der Waals surface area contributed by atoms with Crippen LogP contribution >= 0.6 is 0 Å². The first-order valence-corrected chi connectivity index (χ1v) is 18.0. The van der Waals surface area contributed by atoms with E-state index in [1.165, 1.54) is 73.1 Å². The van der Waals surface area contributed by atoms with Gasteiger partial charge in [0.25, 0.3) is 20.0 Å². The molecule has 0 fully saturated rings. The number of nitrogens with zero attached hydrogens (tertiary/aromatic N) is 4. The Bertz CT molecular complexity index is 2430. The molecule has 6 rings (SSSR count). The number of aliphatic imine (C=N–C) groups is 2. The molecule has 0 saturated carbocycles. The van der Waals surface area contributed by atoms with Gasteiger partial charge in [-0.2, -0.15) is 16.8 Å². The zero-order valence-corrected chi connectivity index (χ0v) is 33.4. The van der Waals surface area contributed by atoms with E-state index in [2.05, 4.69) is 18.8 Å². The van der Waals surface area contributed by atoms with Crippen LogP contribution < -0.4 is 33.1 Å². The van der Waals surface area contributed by atoms with Gasteiger partial charge >= 0.3 is 19.5 Å². The van der Waals surface area contributed by atoms with Crippen LogP contribution in [-0.2, 0) is 39.5 Å². The summed E-state index contributed by atoms with van der Waals surface area (Å²) < 4.78 is 54.0. The summed E-state index contributed by atoms with van der Waals surface area (Å²) in [5.41, 5.74) is 22.4. The van der Waals surface area contributed by atoms with Gasteiger partial charge in [0.15, 0.2) is 0 Å². The number of benzene rings is 6. The van der Waals surface area contributed by atoms with Crippen molar-refractivity contribution >= 4 is 77.3 Å². The van der Waals surface area contributed by atoms with Crippen LogP contribution in [0, 0.1) is 0 Å². The van der Waals surface area contributed by atoms with Gasteiger partial charge in [0, 0.05) is 12.4 Å². The molecule has 0 aromatic heterocycles. The van der Waals surface area contributed by atoms with Gasteiger partial charge in [-0.15, -0.1) is 8.80 Å². The van der Waals surface area contributed by atoms with Crippen molar-refractivity contribution in [3.05, 3.63) is 132 Å². The third kappa shape index (κ3) is 11.4. The Hall–Kier alpha value is -6.24. The number of hydrogen-bond donors (Lipinski definition) is 4. The summed E-state index contributed by atoms with van der Waals surface area (Å²) in [7, 11) is -7.89. The zero-order chi connectivity index (χ0) is 37.5. The molecule has 0 aliphatic rings. The molecule has 0 atom stereocenters. The average molecular weight is 836 g/mol. The van der Waals surface area contributed by atoms with Crippen molar-refractivity contribution in [2.24, 2.45) is 41.7 Å². The molecule has 0 aliphatic carbocycles. The maximum Gasteiger partial charge on any atom is 2.00 e. The van der Waals surface area contributed by atoms with Crippen molar-refractivity contribution in [1.82, 2.24) is 0 Å². The van der Waals surface area contributed by atoms with Crippen LogP contribution in [0.5, 0.6) is 11.5 Å². The second-order valence-corrected chi connectivity index (χ2v) is 14.1. The van der Waals surface area contributed by atoms with E-state index in [0.717, 1.165) is 21.5 Å². The predicted molar refractivity (Wildman–Crippen MR) is 207 cm³/mol. The molecule has 0 bridgehead atoms. The predicted octanol–water partition coefficient (Wildman–Crippen LogP) is 1.60. The monoisotopic (exact) mass is 834 g/mol. The summed E-state index contributed by atoms with van der Waals surface area (Å²) in [6.07, 6.45) is 2.95. The molecule has 0 aliphatic heterocycles. The van der Waals surface area contributed by atoms with E-state index in [4.69, 9.17) is 22.9 Å². The molecular formula is C36H34N8O8S2Zn. The molecule has 0 radical (unpaired) electrons. The van der Waals surface area contributed by atoms with Crippen LogP contribution in [0.1, 0.15) is 11.1 Å². The van der Waals surface area contributed by atoms with Crippen molar-refractivity contribution < 1.29 is 57.5 Å². The Morgan fingerprint density at radius 3 is 1.15 bits per heavy atom. The Balaban J connectivity index is 0.000000360. The van der Waals surface area contributed by atoms with Crippen molar-refractivity contribution in [3.8, 4) is 11.5 Å². The van der Waals surface area contributed by atoms with E-state index >= 15 is 0 Å². The number of sulfonamides is 2. The fourth-order valence-electron chi connectivity index (χ4n) is 4.89. The molecule has 0 spiro atoms. The summed E-state index contributed by atoms with van der Waals surface area (Å²) in [5.74, 6) is -1.35. The molecule has 55 heavy (non-hydrogen) atoms. The smallest absolute Gasteiger partial charge is 0.872 e. The average Bonchev–Trinajstić information content (AvgIpc) is 3.10. The first-order chi connectivity index (χ1) is 24.7. The van der Waals surface area contributed by atoms with Crippen LogP contribution in [0.2, 0.25) is 0 Å². The van der Waals surface area contributed by atoms with Crippen LogP contribution in [0.3, 0.4) is 0 Å². The normalized spacial score (nSPS) is 11.1. The molecule has 0 unspecified atom stereocenters. The Kier molecular flexibility index (Phi) is 15.7. The molecule has 0 amide bonds. The SMILES string of the molecule is NC(N)=NS(=O)(=O)c1ccc(N=Cc2c([O-])ccc3ccccc23)cc1.NC(N)=NS(=O)(=O)c1ccc(N=Cc2c([O-])ccc3ccccc23)cc1.O.O.[Zn+2]. The summed E-state index contributed by atoms with van der Waals surface area (Å²) >= 11 is 0. The Morgan fingerprint density at radius 1 is 0.491 bits per heavy atom. The summed E-state index contributed by atoms with van der Waals surface area (Å²) in [6.45, 7) is 0. The van der Waals surface area contributed by atoms with E-state index in [-0.39, 0.29) is 51.7 Å². The molecule has 16 nitrogen and oxygen atoms in total. The molecule has 19 heteroatoms. The van der Waals surface area contributed by atoms with Crippen molar-refractivity contribution in [1.29, 1.82) is 0 Å². The van der Waals surface area contributed by atoms with Gasteiger partial charge in [0.1, 0.15) is 0 Å². The second-order valence-electron chi connectivity index (χ2n) is 10.9. The number of nitrogens with two attached hydrogens (primary N) is 4. The van der Waals surface area contributed by atoms with Crippen LogP contribution in [0.15, 0.2) is 150 Å². The molecule has 0 heterocycles. The van der Waals surface area contributed by atoms with E-state index in [1.807, 2.05) is 48.5 Å². The van der Waals surface area contributed by atoms with Crippen LogP contribution in [0.4, 0.5) is 11.4 Å². The van der Waals surface area contributed by atoms with Gasteiger partial charge in [-0.05, 0) is 81.2 Å². The molecule has 12 N–H and O–H groups in total. The fraction of sp³-hybridized carbons (Fsp3) is 0. The molecule has 6 aromatic carbocycles.